The summed E-state index contributed by atoms with van der Waals surface area (Å²) in [5, 5.41) is 11.4. The molecule has 1 fully saturated rings. The molecule has 17 heavy (non-hydrogen) atoms. The number of thiazole rings is 1. The molecule has 2 N–H and O–H groups in total. The van der Waals surface area contributed by atoms with E-state index in [0.29, 0.717) is 24.3 Å². The minimum Gasteiger partial charge on any atom is -0.479 e. The fourth-order valence-corrected chi connectivity index (χ4v) is 2.20. The number of nitrogens with one attached hydrogen (secondary N) is 1. The van der Waals surface area contributed by atoms with E-state index in [-0.39, 0.29) is 12.0 Å². The van der Waals surface area contributed by atoms with Crippen molar-refractivity contribution in [3.63, 3.8) is 0 Å². The van der Waals surface area contributed by atoms with Crippen LogP contribution >= 0.6 is 11.3 Å². The maximum atomic E-state index is 11.6. The fraction of sp³-hybridized carbons (Fsp3) is 0.500. The average molecular weight is 256 g/mol. The number of carboxylic acids is 1. The highest BCUT2D eigenvalue weighted by Gasteiger charge is 2.30. The van der Waals surface area contributed by atoms with Crippen molar-refractivity contribution in [3.8, 4) is 0 Å². The van der Waals surface area contributed by atoms with Gasteiger partial charge in [-0.15, -0.1) is 11.3 Å². The molecule has 7 heteroatoms. The maximum absolute atomic E-state index is 11.6. The Labute approximate surface area is 102 Å². The second-order valence-corrected chi connectivity index (χ2v) is 4.62. The average Bonchev–Trinajstić information content (AvgIpc) is 2.97. The molecule has 0 spiro atoms. The van der Waals surface area contributed by atoms with Crippen molar-refractivity contribution < 1.29 is 19.4 Å². The predicted octanol–water partition coefficient (Wildman–Crippen LogP) is 0.505. The standard InChI is InChI=1S/C10H12N2O4S/c13-9(8-4-11-5-17-8)12-3-6-1-2-7(16-6)10(14)15/h4-7H,1-3H2,(H,12,13)(H,14,15). The summed E-state index contributed by atoms with van der Waals surface area (Å²) in [5.74, 6) is -1.14. The SMILES string of the molecule is O=C(NCC1CCC(C(=O)O)O1)c1cncs1. The Morgan fingerprint density at radius 3 is 3.00 bits per heavy atom. The molecule has 1 saturated heterocycles. The molecule has 2 heterocycles. The molecule has 0 aromatic carbocycles. The number of aliphatic carboxylic acids is 1. The van der Waals surface area contributed by atoms with Gasteiger partial charge in [0.05, 0.1) is 17.8 Å². The third-order valence-corrected chi connectivity index (χ3v) is 3.30. The number of rotatable bonds is 4. The molecular formula is C10H12N2O4S. The molecule has 2 unspecified atom stereocenters. The topological polar surface area (TPSA) is 88.5 Å². The van der Waals surface area contributed by atoms with Gasteiger partial charge in [0.15, 0.2) is 6.10 Å². The molecule has 0 bridgehead atoms. The summed E-state index contributed by atoms with van der Waals surface area (Å²) in [7, 11) is 0. The minimum atomic E-state index is -0.943. The van der Waals surface area contributed by atoms with E-state index in [1.54, 1.807) is 5.51 Å². The molecule has 1 aliphatic heterocycles. The molecule has 92 valence electrons. The van der Waals surface area contributed by atoms with Gasteiger partial charge in [-0.25, -0.2) is 4.79 Å². The highest BCUT2D eigenvalue weighted by atomic mass is 32.1. The predicted molar refractivity (Wildman–Crippen MR) is 60.0 cm³/mol. The van der Waals surface area contributed by atoms with Crippen LogP contribution in [0.25, 0.3) is 0 Å². The third kappa shape index (κ3) is 3.01. The van der Waals surface area contributed by atoms with E-state index in [1.165, 1.54) is 17.5 Å². The van der Waals surface area contributed by atoms with E-state index in [1.807, 2.05) is 0 Å². The molecule has 2 rings (SSSR count). The number of carbonyl (C=O) groups excluding carboxylic acids is 1. The molecule has 2 atom stereocenters. The number of carboxylic acid groups (broad SMARTS) is 1. The lowest BCUT2D eigenvalue weighted by Crippen LogP contribution is -2.32. The van der Waals surface area contributed by atoms with Gasteiger partial charge in [0.2, 0.25) is 0 Å². The van der Waals surface area contributed by atoms with Crippen LogP contribution in [0.15, 0.2) is 11.7 Å². The summed E-state index contributed by atoms with van der Waals surface area (Å²) in [4.78, 5) is 26.6. The van der Waals surface area contributed by atoms with Crippen molar-refractivity contribution in [2.45, 2.75) is 25.0 Å². The number of amides is 1. The second kappa shape index (κ2) is 5.24. The quantitative estimate of drug-likeness (QED) is 0.819. The normalized spacial score (nSPS) is 23.5. The van der Waals surface area contributed by atoms with Gasteiger partial charge in [-0.2, -0.15) is 0 Å². The largest absolute Gasteiger partial charge is 0.479 e. The van der Waals surface area contributed by atoms with Crippen molar-refractivity contribution in [2.75, 3.05) is 6.54 Å². The lowest BCUT2D eigenvalue weighted by Gasteiger charge is -2.11. The van der Waals surface area contributed by atoms with Crippen LogP contribution in [0.3, 0.4) is 0 Å². The van der Waals surface area contributed by atoms with Crippen LogP contribution in [0.1, 0.15) is 22.5 Å². The lowest BCUT2D eigenvalue weighted by atomic mass is 10.2. The number of hydrogen-bond acceptors (Lipinski definition) is 5. The van der Waals surface area contributed by atoms with Gasteiger partial charge in [-0.05, 0) is 12.8 Å². The van der Waals surface area contributed by atoms with E-state index in [4.69, 9.17) is 9.84 Å². The Balaban J connectivity index is 1.76. The zero-order chi connectivity index (χ0) is 12.3. The number of carbonyl (C=O) groups is 2. The molecule has 0 radical (unpaired) electrons. The van der Waals surface area contributed by atoms with Crippen LogP contribution in [0.4, 0.5) is 0 Å². The second-order valence-electron chi connectivity index (χ2n) is 3.74. The smallest absolute Gasteiger partial charge is 0.332 e. The first-order chi connectivity index (χ1) is 8.16. The first-order valence-electron chi connectivity index (χ1n) is 5.22. The molecule has 0 saturated carbocycles. The number of hydrogen-bond donors (Lipinski definition) is 2. The molecule has 1 aromatic heterocycles. The van der Waals surface area contributed by atoms with E-state index < -0.39 is 12.1 Å². The molecular weight excluding hydrogens is 244 g/mol. The van der Waals surface area contributed by atoms with Crippen molar-refractivity contribution in [1.29, 1.82) is 0 Å². The molecule has 6 nitrogen and oxygen atoms in total. The van der Waals surface area contributed by atoms with Crippen LogP contribution in [-0.2, 0) is 9.53 Å². The van der Waals surface area contributed by atoms with E-state index in [2.05, 4.69) is 10.3 Å². The van der Waals surface area contributed by atoms with Gasteiger partial charge >= 0.3 is 5.97 Å². The lowest BCUT2D eigenvalue weighted by molar-refractivity contribution is -0.149. The summed E-state index contributed by atoms with van der Waals surface area (Å²) in [6.07, 6.45) is 1.69. The molecule has 1 amide bonds. The van der Waals surface area contributed by atoms with Gasteiger partial charge in [-0.1, -0.05) is 0 Å². The fourth-order valence-electron chi connectivity index (χ4n) is 1.66. The number of aromatic nitrogens is 1. The van der Waals surface area contributed by atoms with Crippen molar-refractivity contribution in [3.05, 3.63) is 16.6 Å². The van der Waals surface area contributed by atoms with Gasteiger partial charge < -0.3 is 15.2 Å². The Morgan fingerprint density at radius 1 is 1.59 bits per heavy atom. The van der Waals surface area contributed by atoms with Crippen molar-refractivity contribution in [2.24, 2.45) is 0 Å². The van der Waals surface area contributed by atoms with Crippen LogP contribution in [0, 0.1) is 0 Å². The first kappa shape index (κ1) is 12.0. The third-order valence-electron chi connectivity index (χ3n) is 2.53. The van der Waals surface area contributed by atoms with Crippen LogP contribution in [0.5, 0.6) is 0 Å². The maximum Gasteiger partial charge on any atom is 0.332 e. The van der Waals surface area contributed by atoms with Crippen LogP contribution in [0.2, 0.25) is 0 Å². The van der Waals surface area contributed by atoms with Crippen LogP contribution < -0.4 is 5.32 Å². The Kier molecular flexibility index (Phi) is 3.70. The summed E-state index contributed by atoms with van der Waals surface area (Å²) in [5.41, 5.74) is 1.58. The highest BCUT2D eigenvalue weighted by molar-refractivity contribution is 7.11. The van der Waals surface area contributed by atoms with E-state index in [9.17, 15) is 9.59 Å². The summed E-state index contributed by atoms with van der Waals surface area (Å²) < 4.78 is 5.26. The summed E-state index contributed by atoms with van der Waals surface area (Å²) >= 11 is 1.26. The Morgan fingerprint density at radius 2 is 2.41 bits per heavy atom. The number of ether oxygens (including phenoxy) is 1. The number of nitrogens with zero attached hydrogens (tertiary/aromatic N) is 1. The minimum absolute atomic E-state index is 0.199. The highest BCUT2D eigenvalue weighted by Crippen LogP contribution is 2.19. The van der Waals surface area contributed by atoms with Crippen molar-refractivity contribution in [1.82, 2.24) is 10.3 Å². The summed E-state index contributed by atoms with van der Waals surface area (Å²) in [6, 6.07) is 0. The van der Waals surface area contributed by atoms with Gasteiger partial charge in [0, 0.05) is 6.54 Å². The molecule has 1 aromatic rings. The van der Waals surface area contributed by atoms with Gasteiger partial charge in [-0.3, -0.25) is 9.78 Å². The van der Waals surface area contributed by atoms with Crippen LogP contribution in [-0.4, -0.2) is 40.7 Å². The molecule has 0 aliphatic carbocycles. The summed E-state index contributed by atoms with van der Waals surface area (Å²) in [6.45, 7) is 0.334. The van der Waals surface area contributed by atoms with Gasteiger partial charge in [0.1, 0.15) is 4.88 Å². The zero-order valence-corrected chi connectivity index (χ0v) is 9.77. The Hall–Kier alpha value is -1.47. The van der Waals surface area contributed by atoms with Crippen molar-refractivity contribution >= 4 is 23.2 Å². The van der Waals surface area contributed by atoms with E-state index in [0.717, 1.165) is 0 Å². The monoisotopic (exact) mass is 256 g/mol. The van der Waals surface area contributed by atoms with E-state index >= 15 is 0 Å². The zero-order valence-electron chi connectivity index (χ0n) is 8.96. The van der Waals surface area contributed by atoms with Gasteiger partial charge in [0.25, 0.3) is 5.91 Å². The first-order valence-corrected chi connectivity index (χ1v) is 6.09. The molecule has 1 aliphatic rings. The Bertz CT molecular complexity index is 406.